The minimum absolute atomic E-state index is 0.187. The fraction of sp³-hybridized carbons (Fsp3) is 0.571. The van der Waals surface area contributed by atoms with E-state index in [-0.39, 0.29) is 11.2 Å². The standard InChI is InChI=1S/C21H30N4O2S/c1-5-25(17-9-7-6-8-10-17)20(26)15(2)28-21-23-22-19(24(21)3)16-11-13-18(27-4)14-12-16/h11-15,17H,5-10H2,1-4H3/t15-/m1/s1. The third-order valence-corrected chi connectivity index (χ3v) is 6.57. The van der Waals surface area contributed by atoms with Crippen molar-refractivity contribution in [1.82, 2.24) is 19.7 Å². The summed E-state index contributed by atoms with van der Waals surface area (Å²) < 4.78 is 7.16. The number of methoxy groups -OCH3 is 1. The second kappa shape index (κ2) is 9.45. The van der Waals surface area contributed by atoms with Crippen LogP contribution >= 0.6 is 11.8 Å². The number of ether oxygens (including phenoxy) is 1. The molecule has 152 valence electrons. The summed E-state index contributed by atoms with van der Waals surface area (Å²) in [6, 6.07) is 8.14. The Morgan fingerprint density at radius 3 is 2.54 bits per heavy atom. The van der Waals surface area contributed by atoms with Crippen molar-refractivity contribution in [3.63, 3.8) is 0 Å². The molecule has 1 fully saturated rings. The predicted octanol–water partition coefficient (Wildman–Crippen LogP) is 4.15. The molecule has 2 aromatic rings. The van der Waals surface area contributed by atoms with E-state index < -0.39 is 0 Å². The summed E-state index contributed by atoms with van der Waals surface area (Å²) in [7, 11) is 3.59. The van der Waals surface area contributed by atoms with Gasteiger partial charge in [0.05, 0.1) is 12.4 Å². The summed E-state index contributed by atoms with van der Waals surface area (Å²) in [5.41, 5.74) is 0.971. The molecule has 0 aliphatic heterocycles. The van der Waals surface area contributed by atoms with Gasteiger partial charge in [-0.15, -0.1) is 10.2 Å². The number of carbonyl (C=O) groups excluding carboxylic acids is 1. The van der Waals surface area contributed by atoms with Gasteiger partial charge in [-0.3, -0.25) is 4.79 Å². The predicted molar refractivity (Wildman–Crippen MR) is 113 cm³/mol. The molecular formula is C21H30N4O2S. The Labute approximate surface area is 171 Å². The molecule has 1 aliphatic rings. The van der Waals surface area contributed by atoms with E-state index in [1.807, 2.05) is 42.8 Å². The first kappa shape index (κ1) is 20.7. The maximum atomic E-state index is 13.1. The molecule has 0 N–H and O–H groups in total. The molecule has 0 bridgehead atoms. The van der Waals surface area contributed by atoms with Crippen LogP contribution in [0, 0.1) is 0 Å². The Hall–Kier alpha value is -2.02. The van der Waals surface area contributed by atoms with Crippen LogP contribution in [-0.4, -0.2) is 50.5 Å². The maximum absolute atomic E-state index is 13.1. The van der Waals surface area contributed by atoms with Crippen LogP contribution in [0.2, 0.25) is 0 Å². The van der Waals surface area contributed by atoms with E-state index >= 15 is 0 Å². The smallest absolute Gasteiger partial charge is 0.236 e. The molecule has 1 aromatic carbocycles. The molecule has 1 saturated carbocycles. The molecule has 6 nitrogen and oxygen atoms in total. The van der Waals surface area contributed by atoms with Crippen LogP contribution < -0.4 is 4.74 Å². The molecule has 7 heteroatoms. The molecule has 0 radical (unpaired) electrons. The number of thioether (sulfide) groups is 1. The molecule has 1 aromatic heterocycles. The summed E-state index contributed by atoms with van der Waals surface area (Å²) in [5.74, 6) is 1.79. The van der Waals surface area contributed by atoms with Crippen LogP contribution in [0.4, 0.5) is 0 Å². The summed E-state index contributed by atoms with van der Waals surface area (Å²) in [6.45, 7) is 4.82. The van der Waals surface area contributed by atoms with Crippen LogP contribution in [0.1, 0.15) is 46.0 Å². The number of nitrogens with zero attached hydrogens (tertiary/aromatic N) is 4. The first-order valence-corrected chi connectivity index (χ1v) is 10.9. The number of hydrogen-bond donors (Lipinski definition) is 0. The molecule has 0 spiro atoms. The van der Waals surface area contributed by atoms with Gasteiger partial charge in [0.25, 0.3) is 0 Å². The second-order valence-electron chi connectivity index (χ2n) is 7.27. The number of benzene rings is 1. The Balaban J connectivity index is 1.70. The van der Waals surface area contributed by atoms with E-state index in [9.17, 15) is 4.79 Å². The first-order valence-electron chi connectivity index (χ1n) is 10.1. The van der Waals surface area contributed by atoms with Crippen molar-refractivity contribution < 1.29 is 9.53 Å². The normalized spacial score (nSPS) is 16.0. The monoisotopic (exact) mass is 402 g/mol. The highest BCUT2D eigenvalue weighted by Gasteiger charge is 2.29. The van der Waals surface area contributed by atoms with Crippen LogP contribution in [0.3, 0.4) is 0 Å². The van der Waals surface area contributed by atoms with Gasteiger partial charge in [-0.1, -0.05) is 31.0 Å². The van der Waals surface area contributed by atoms with Crippen LogP contribution in [0.5, 0.6) is 5.75 Å². The van der Waals surface area contributed by atoms with Gasteiger partial charge in [0.1, 0.15) is 5.75 Å². The first-order chi connectivity index (χ1) is 13.5. The molecule has 1 aliphatic carbocycles. The molecule has 0 saturated heterocycles. The summed E-state index contributed by atoms with van der Waals surface area (Å²) >= 11 is 1.48. The van der Waals surface area contributed by atoms with Gasteiger partial charge in [-0.2, -0.15) is 0 Å². The van der Waals surface area contributed by atoms with Crippen molar-refractivity contribution in [3.05, 3.63) is 24.3 Å². The molecule has 1 atom stereocenters. The number of carbonyl (C=O) groups is 1. The Morgan fingerprint density at radius 2 is 1.93 bits per heavy atom. The Kier molecular flexibility index (Phi) is 6.99. The largest absolute Gasteiger partial charge is 0.497 e. The SMILES string of the molecule is CCN(C(=O)[C@@H](C)Sc1nnc(-c2ccc(OC)cc2)n1C)C1CCCCC1. The van der Waals surface area contributed by atoms with Gasteiger partial charge in [-0.05, 0) is 51.0 Å². The maximum Gasteiger partial charge on any atom is 0.236 e. The molecule has 3 rings (SSSR count). The van der Waals surface area contributed by atoms with Gasteiger partial charge < -0.3 is 14.2 Å². The van der Waals surface area contributed by atoms with Gasteiger partial charge >= 0.3 is 0 Å². The number of hydrogen-bond acceptors (Lipinski definition) is 5. The van der Waals surface area contributed by atoms with Crippen molar-refractivity contribution in [2.45, 2.75) is 62.4 Å². The molecule has 0 unspecified atom stereocenters. The lowest BCUT2D eigenvalue weighted by Crippen LogP contribution is -2.44. The van der Waals surface area contributed by atoms with Crippen molar-refractivity contribution in [1.29, 1.82) is 0 Å². The fourth-order valence-corrected chi connectivity index (χ4v) is 4.72. The van der Waals surface area contributed by atoms with E-state index in [2.05, 4.69) is 22.0 Å². The van der Waals surface area contributed by atoms with E-state index in [0.29, 0.717) is 6.04 Å². The van der Waals surface area contributed by atoms with Crippen LogP contribution in [0.15, 0.2) is 29.4 Å². The van der Waals surface area contributed by atoms with E-state index in [0.717, 1.165) is 41.7 Å². The number of rotatable bonds is 7. The molecule has 1 amide bonds. The van der Waals surface area contributed by atoms with E-state index in [4.69, 9.17) is 4.74 Å². The quantitative estimate of drug-likeness (QED) is 0.651. The zero-order chi connectivity index (χ0) is 20.1. The minimum Gasteiger partial charge on any atom is -0.497 e. The van der Waals surface area contributed by atoms with Gasteiger partial charge in [0, 0.05) is 25.2 Å². The van der Waals surface area contributed by atoms with Crippen molar-refractivity contribution in [3.8, 4) is 17.1 Å². The van der Waals surface area contributed by atoms with E-state index in [1.165, 1.54) is 31.0 Å². The van der Waals surface area contributed by atoms with E-state index in [1.54, 1.807) is 7.11 Å². The Morgan fingerprint density at radius 1 is 1.25 bits per heavy atom. The van der Waals surface area contributed by atoms with Gasteiger partial charge in [-0.25, -0.2) is 0 Å². The lowest BCUT2D eigenvalue weighted by molar-refractivity contribution is -0.133. The number of aromatic nitrogens is 3. The van der Waals surface area contributed by atoms with Gasteiger partial charge in [0.15, 0.2) is 11.0 Å². The molecule has 28 heavy (non-hydrogen) atoms. The highest BCUT2D eigenvalue weighted by molar-refractivity contribution is 8.00. The third kappa shape index (κ3) is 4.51. The second-order valence-corrected chi connectivity index (χ2v) is 8.58. The summed E-state index contributed by atoms with van der Waals surface area (Å²) in [6.07, 6.45) is 6.00. The fourth-order valence-electron chi connectivity index (χ4n) is 3.84. The number of amides is 1. The van der Waals surface area contributed by atoms with Crippen LogP contribution in [0.25, 0.3) is 11.4 Å². The zero-order valence-electron chi connectivity index (χ0n) is 17.2. The zero-order valence-corrected chi connectivity index (χ0v) is 18.0. The average molecular weight is 403 g/mol. The van der Waals surface area contributed by atoms with Crippen molar-refractivity contribution >= 4 is 17.7 Å². The Bertz CT molecular complexity index is 784. The average Bonchev–Trinajstić information content (AvgIpc) is 3.09. The highest BCUT2D eigenvalue weighted by atomic mass is 32.2. The highest BCUT2D eigenvalue weighted by Crippen LogP contribution is 2.29. The topological polar surface area (TPSA) is 60.3 Å². The minimum atomic E-state index is -0.187. The molecular weight excluding hydrogens is 372 g/mol. The summed E-state index contributed by atoms with van der Waals surface area (Å²) in [5, 5.41) is 9.23. The third-order valence-electron chi connectivity index (χ3n) is 5.45. The lowest BCUT2D eigenvalue weighted by Gasteiger charge is -2.35. The van der Waals surface area contributed by atoms with Crippen molar-refractivity contribution in [2.24, 2.45) is 7.05 Å². The van der Waals surface area contributed by atoms with Crippen LogP contribution in [-0.2, 0) is 11.8 Å². The lowest BCUT2D eigenvalue weighted by atomic mass is 9.94. The molecule has 1 heterocycles. The van der Waals surface area contributed by atoms with Crippen molar-refractivity contribution in [2.75, 3.05) is 13.7 Å². The van der Waals surface area contributed by atoms with Gasteiger partial charge in [0.2, 0.25) is 5.91 Å². The summed E-state index contributed by atoms with van der Waals surface area (Å²) in [4.78, 5) is 15.1.